The summed E-state index contributed by atoms with van der Waals surface area (Å²) in [6.07, 6.45) is 12.0. The van der Waals surface area contributed by atoms with Crippen LogP contribution in [0.1, 0.15) is 88.0 Å². The lowest BCUT2D eigenvalue weighted by Gasteiger charge is -2.33. The summed E-state index contributed by atoms with van der Waals surface area (Å²) in [4.78, 5) is 42.3. The maximum atomic E-state index is 12.5. The van der Waals surface area contributed by atoms with Gasteiger partial charge in [-0.3, -0.25) is 14.4 Å². The number of aryl methyl sites for hydroxylation is 1. The molecule has 1 aliphatic rings. The van der Waals surface area contributed by atoms with Crippen LogP contribution in [0.2, 0.25) is 0 Å². The maximum absolute atomic E-state index is 12.5. The van der Waals surface area contributed by atoms with Gasteiger partial charge in [0.15, 0.2) is 0 Å². The van der Waals surface area contributed by atoms with E-state index in [9.17, 15) is 14.4 Å². The van der Waals surface area contributed by atoms with Crippen LogP contribution in [-0.4, -0.2) is 63.6 Å². The molecule has 0 fully saturated rings. The molecule has 5 N–H and O–H groups in total. The fourth-order valence-corrected chi connectivity index (χ4v) is 8.04. The van der Waals surface area contributed by atoms with E-state index in [-0.39, 0.29) is 29.3 Å². The smallest absolute Gasteiger partial charge is 0.256 e. The molecule has 6 rings (SSSR count). The van der Waals surface area contributed by atoms with Crippen molar-refractivity contribution in [2.75, 3.05) is 57.0 Å². The molecule has 1 aromatic heterocycles. The van der Waals surface area contributed by atoms with Crippen molar-refractivity contribution in [3.8, 4) is 0 Å². The Bertz CT molecular complexity index is 2400. The summed E-state index contributed by atoms with van der Waals surface area (Å²) in [6.45, 7) is 10.3. The van der Waals surface area contributed by atoms with Crippen LogP contribution in [0, 0.1) is 0 Å². The number of nitrogens with one attached hydrogen (secondary N) is 5. The van der Waals surface area contributed by atoms with E-state index in [2.05, 4.69) is 109 Å². The molecule has 2 amide bonds. The van der Waals surface area contributed by atoms with Crippen molar-refractivity contribution < 1.29 is 9.59 Å². The number of hydrogen-bond acceptors (Lipinski definition) is 6. The van der Waals surface area contributed by atoms with Gasteiger partial charge in [0.2, 0.25) is 11.8 Å². The monoisotopic (exact) mass is 768 g/mol. The zero-order valence-corrected chi connectivity index (χ0v) is 34.4. The van der Waals surface area contributed by atoms with E-state index in [0.717, 1.165) is 80.9 Å². The fourth-order valence-electron chi connectivity index (χ4n) is 8.04. The van der Waals surface area contributed by atoms with Gasteiger partial charge in [0.1, 0.15) is 0 Å². The van der Waals surface area contributed by atoms with Crippen molar-refractivity contribution in [3.05, 3.63) is 116 Å². The first-order chi connectivity index (χ1) is 27.5. The highest BCUT2D eigenvalue weighted by molar-refractivity contribution is 6.07. The van der Waals surface area contributed by atoms with Gasteiger partial charge >= 0.3 is 0 Å². The maximum Gasteiger partial charge on any atom is 0.256 e. The molecular weight excluding hydrogens is 709 g/mol. The topological polar surface area (TPSA) is 118 Å². The number of aromatic nitrogens is 1. The Morgan fingerprint density at radius 1 is 0.754 bits per heavy atom. The lowest BCUT2D eigenvalue weighted by Crippen LogP contribution is -2.35. The van der Waals surface area contributed by atoms with Crippen LogP contribution >= 0.6 is 0 Å². The molecule has 4 aromatic carbocycles. The summed E-state index contributed by atoms with van der Waals surface area (Å²) in [5.74, 6) is 0.0120. The first kappa shape index (κ1) is 41.4. The molecule has 0 saturated heterocycles. The Balaban J connectivity index is 0.802. The van der Waals surface area contributed by atoms with Crippen LogP contribution in [0.15, 0.2) is 77.6 Å². The third kappa shape index (κ3) is 10.4. The zero-order valence-electron chi connectivity index (χ0n) is 34.4. The van der Waals surface area contributed by atoms with Gasteiger partial charge in [0.25, 0.3) is 5.56 Å². The minimum atomic E-state index is -0.119. The Morgan fingerprint density at radius 3 is 2.30 bits per heavy atom. The van der Waals surface area contributed by atoms with Gasteiger partial charge in [-0.2, -0.15) is 0 Å². The number of rotatable bonds is 19. The molecule has 0 bridgehead atoms. The summed E-state index contributed by atoms with van der Waals surface area (Å²) >= 11 is 0. The number of nitrogens with zero attached hydrogens (tertiary/aromatic N) is 1. The van der Waals surface area contributed by atoms with Crippen LogP contribution in [0.3, 0.4) is 0 Å². The van der Waals surface area contributed by atoms with E-state index in [1.807, 2.05) is 30.3 Å². The van der Waals surface area contributed by atoms with Crippen molar-refractivity contribution in [2.24, 2.45) is 0 Å². The zero-order chi connectivity index (χ0) is 40.4. The second-order valence-corrected chi connectivity index (χ2v) is 16.1. The fraction of sp³-hybridized carbons (Fsp3) is 0.396. The number of anilines is 2. The molecule has 0 atom stereocenters. The van der Waals surface area contributed by atoms with E-state index >= 15 is 0 Å². The van der Waals surface area contributed by atoms with Crippen LogP contribution in [0.5, 0.6) is 0 Å². The third-order valence-electron chi connectivity index (χ3n) is 11.3. The predicted molar refractivity (Wildman–Crippen MR) is 238 cm³/mol. The highest BCUT2D eigenvalue weighted by atomic mass is 16.2. The Kier molecular flexibility index (Phi) is 14.0. The Morgan fingerprint density at radius 2 is 1.51 bits per heavy atom. The first-order valence-electron chi connectivity index (χ1n) is 20.7. The highest BCUT2D eigenvalue weighted by Crippen LogP contribution is 2.37. The van der Waals surface area contributed by atoms with Crippen LogP contribution in [0.25, 0.3) is 33.8 Å². The summed E-state index contributed by atoms with van der Waals surface area (Å²) in [5.41, 5.74) is 7.95. The van der Waals surface area contributed by atoms with E-state index in [4.69, 9.17) is 0 Å². The molecule has 1 aliphatic carbocycles. The van der Waals surface area contributed by atoms with Crippen LogP contribution in [-0.2, 0) is 21.4 Å². The Hall–Kier alpha value is -5.25. The second-order valence-electron chi connectivity index (χ2n) is 16.1. The number of amides is 2. The number of pyridine rings is 1. The van der Waals surface area contributed by atoms with Crippen molar-refractivity contribution >= 4 is 57.0 Å². The average Bonchev–Trinajstić information content (AvgIpc) is 3.20. The van der Waals surface area contributed by atoms with Gasteiger partial charge < -0.3 is 31.2 Å². The molecule has 9 nitrogen and oxygen atoms in total. The lowest BCUT2D eigenvalue weighted by atomic mass is 9.71. The van der Waals surface area contributed by atoms with Gasteiger partial charge in [-0.15, -0.1) is 0 Å². The molecular formula is C48H60N6O3. The van der Waals surface area contributed by atoms with E-state index in [0.29, 0.717) is 24.0 Å². The molecule has 57 heavy (non-hydrogen) atoms. The minimum absolute atomic E-state index is 0.0690. The van der Waals surface area contributed by atoms with Gasteiger partial charge in [0.05, 0.1) is 6.54 Å². The van der Waals surface area contributed by atoms with Gasteiger partial charge in [-0.25, -0.2) is 0 Å². The third-order valence-corrected chi connectivity index (χ3v) is 11.3. The number of benzene rings is 4. The van der Waals surface area contributed by atoms with E-state index in [1.54, 1.807) is 12.1 Å². The van der Waals surface area contributed by atoms with Crippen molar-refractivity contribution in [1.82, 2.24) is 20.9 Å². The molecule has 5 aromatic rings. The lowest BCUT2D eigenvalue weighted by molar-refractivity contribution is -0.121. The molecule has 1 heterocycles. The summed E-state index contributed by atoms with van der Waals surface area (Å²) in [6, 6.07) is 24.6. The number of H-pyrrole nitrogens is 1. The van der Waals surface area contributed by atoms with Crippen molar-refractivity contribution in [3.63, 3.8) is 0 Å². The van der Waals surface area contributed by atoms with E-state index < -0.39 is 0 Å². The number of unbranched alkanes of at least 4 members (excludes halogenated alkanes) is 3. The number of aromatic amines is 1. The normalized spacial score (nSPS) is 13.2. The number of fused-ring (bicyclic) bond motifs is 5. The van der Waals surface area contributed by atoms with Gasteiger partial charge in [-0.1, -0.05) is 69.2 Å². The Labute approximate surface area is 337 Å². The second kappa shape index (κ2) is 19.3. The van der Waals surface area contributed by atoms with Gasteiger partial charge in [0, 0.05) is 60.1 Å². The quantitative estimate of drug-likeness (QED) is 0.0503. The largest absolute Gasteiger partial charge is 0.378 e. The summed E-state index contributed by atoms with van der Waals surface area (Å²) < 4.78 is 0. The molecule has 9 heteroatoms. The van der Waals surface area contributed by atoms with Crippen molar-refractivity contribution in [1.29, 1.82) is 0 Å². The van der Waals surface area contributed by atoms with Crippen LogP contribution < -0.4 is 42.2 Å². The first-order valence-corrected chi connectivity index (χ1v) is 20.7. The predicted octanol–water partition coefficient (Wildman–Crippen LogP) is 6.22. The SMILES string of the molecule is C/C=c1/cc2c(cc1CCCNCCCC(=O)NCCCCCCNCC(=O)Nc1ccc3[nH]c(=O)c4ccccc4c3c1)=Cc1ccc(N(C)C)cc1C2(C)C. The molecule has 0 unspecified atom stereocenters. The van der Waals surface area contributed by atoms with Gasteiger partial charge in [-0.05, 0) is 139 Å². The highest BCUT2D eigenvalue weighted by Gasteiger charge is 2.30. The summed E-state index contributed by atoms with van der Waals surface area (Å²) in [7, 11) is 4.19. The number of hydrogen-bond donors (Lipinski definition) is 5. The standard InChI is InChI=1S/C48H60N6O3/c1-6-33-29-42-36(28-35-19-21-38(54(4)5)31-43(35)48(42,2)3)27-34(33)15-13-24-49-25-14-18-45(55)51-26-12-8-7-11-23-50-32-46(56)52-37-20-22-44-41(30-37)39-16-9-10-17-40(39)47(57)53-44/h6,9-10,16-17,19-22,27-31,49-50H,7-8,11-15,18,23-26,32H2,1-5H3,(H,51,55)(H,52,56)(H,53,57)/b33-6-. The average molecular weight is 769 g/mol. The molecule has 0 radical (unpaired) electrons. The molecule has 300 valence electrons. The van der Waals surface area contributed by atoms with E-state index in [1.165, 1.54) is 38.4 Å². The number of carbonyl (C=O) groups is 2. The molecule has 0 aliphatic heterocycles. The molecule has 0 saturated carbocycles. The minimum Gasteiger partial charge on any atom is -0.378 e. The van der Waals surface area contributed by atoms with Crippen molar-refractivity contribution in [2.45, 2.75) is 77.6 Å². The number of carbonyl (C=O) groups excluding carboxylic acids is 2. The molecule has 0 spiro atoms. The van der Waals surface area contributed by atoms with Crippen LogP contribution in [0.4, 0.5) is 11.4 Å². The summed E-state index contributed by atoms with van der Waals surface area (Å²) in [5, 5.41) is 17.8.